The van der Waals surface area contributed by atoms with E-state index >= 15 is 0 Å². The first-order valence-corrected chi connectivity index (χ1v) is 9.40. The van der Waals surface area contributed by atoms with Crippen molar-refractivity contribution in [2.75, 3.05) is 5.32 Å². The summed E-state index contributed by atoms with van der Waals surface area (Å²) in [5.74, 6) is -0.585. The molecule has 4 rings (SSSR count). The van der Waals surface area contributed by atoms with Crippen molar-refractivity contribution in [3.05, 3.63) is 86.8 Å². The van der Waals surface area contributed by atoms with Crippen molar-refractivity contribution >= 4 is 17.2 Å². The Hall–Kier alpha value is -4.18. The summed E-state index contributed by atoms with van der Waals surface area (Å²) in [6.45, 7) is 5.35. The molecule has 0 atom stereocenters. The molecule has 148 valence electrons. The fraction of sp³-hybridized carbons (Fsp3) is 0.130. The zero-order chi connectivity index (χ0) is 21.4. The number of nitriles is 1. The third kappa shape index (κ3) is 3.14. The van der Waals surface area contributed by atoms with Gasteiger partial charge in [-0.1, -0.05) is 36.4 Å². The Kier molecular flexibility index (Phi) is 4.68. The number of carbonyl (C=O) groups is 1. The molecule has 0 unspecified atom stereocenters. The van der Waals surface area contributed by atoms with E-state index in [-0.39, 0.29) is 11.2 Å². The standard InChI is InChI=1S/C23H19N5O2/c1-13-9-10-18(17(11-13)12-24)26-23(30)19-14(2)27-28-20(16-7-5-4-6-8-16)15(3)25-22(28)21(19)29/h4-11,27H,1-3H3,(H,26,30). The van der Waals surface area contributed by atoms with Crippen molar-refractivity contribution < 1.29 is 4.79 Å². The van der Waals surface area contributed by atoms with Gasteiger partial charge in [0.15, 0.2) is 0 Å². The van der Waals surface area contributed by atoms with E-state index in [1.807, 2.05) is 44.2 Å². The molecule has 7 heteroatoms. The molecule has 30 heavy (non-hydrogen) atoms. The number of anilines is 1. The van der Waals surface area contributed by atoms with Gasteiger partial charge < -0.3 is 5.32 Å². The lowest BCUT2D eigenvalue weighted by Crippen LogP contribution is -2.26. The molecular formula is C23H19N5O2. The Morgan fingerprint density at radius 3 is 2.57 bits per heavy atom. The van der Waals surface area contributed by atoms with Crippen molar-refractivity contribution in [2.24, 2.45) is 0 Å². The summed E-state index contributed by atoms with van der Waals surface area (Å²) in [5, 5.41) is 15.1. The number of benzene rings is 2. The lowest BCUT2D eigenvalue weighted by Gasteiger charge is -2.11. The van der Waals surface area contributed by atoms with E-state index in [9.17, 15) is 14.9 Å². The summed E-state index contributed by atoms with van der Waals surface area (Å²) in [6.07, 6.45) is 0. The van der Waals surface area contributed by atoms with E-state index in [4.69, 9.17) is 0 Å². The Morgan fingerprint density at radius 2 is 1.87 bits per heavy atom. The zero-order valence-electron chi connectivity index (χ0n) is 16.8. The zero-order valence-corrected chi connectivity index (χ0v) is 16.8. The summed E-state index contributed by atoms with van der Waals surface area (Å²) < 4.78 is 1.62. The number of aryl methyl sites for hydroxylation is 3. The highest BCUT2D eigenvalue weighted by Crippen LogP contribution is 2.23. The molecule has 0 radical (unpaired) electrons. The minimum atomic E-state index is -0.585. The number of hydrogen-bond donors (Lipinski definition) is 2. The smallest absolute Gasteiger partial charge is 0.261 e. The first-order chi connectivity index (χ1) is 14.4. The van der Waals surface area contributed by atoms with E-state index in [0.29, 0.717) is 22.6 Å². The molecule has 0 aliphatic heterocycles. The van der Waals surface area contributed by atoms with Gasteiger partial charge in [-0.2, -0.15) is 5.26 Å². The molecule has 0 bridgehead atoms. The molecule has 0 saturated heterocycles. The highest BCUT2D eigenvalue weighted by atomic mass is 16.2. The van der Waals surface area contributed by atoms with E-state index in [2.05, 4.69) is 21.5 Å². The summed E-state index contributed by atoms with van der Waals surface area (Å²) >= 11 is 0. The van der Waals surface area contributed by atoms with Crippen LogP contribution in [0.2, 0.25) is 0 Å². The highest BCUT2D eigenvalue weighted by molar-refractivity contribution is 6.06. The number of carbonyl (C=O) groups excluding carboxylic acids is 1. The van der Waals surface area contributed by atoms with Crippen LogP contribution < -0.4 is 10.7 Å². The van der Waals surface area contributed by atoms with Crippen LogP contribution in [0.1, 0.15) is 32.9 Å². The second kappa shape index (κ2) is 7.33. The predicted octanol–water partition coefficient (Wildman–Crippen LogP) is 3.74. The fourth-order valence-corrected chi connectivity index (χ4v) is 3.55. The second-order valence-corrected chi connectivity index (χ2v) is 7.13. The third-order valence-electron chi connectivity index (χ3n) is 4.95. The Morgan fingerprint density at radius 1 is 1.13 bits per heavy atom. The number of aromatic amines is 1. The van der Waals surface area contributed by atoms with Crippen LogP contribution in [-0.4, -0.2) is 20.5 Å². The van der Waals surface area contributed by atoms with Gasteiger partial charge in [-0.05, 0) is 38.5 Å². The van der Waals surface area contributed by atoms with Crippen LogP contribution in [-0.2, 0) is 0 Å². The monoisotopic (exact) mass is 397 g/mol. The van der Waals surface area contributed by atoms with Crippen molar-refractivity contribution in [3.63, 3.8) is 0 Å². The molecule has 0 spiro atoms. The second-order valence-electron chi connectivity index (χ2n) is 7.13. The third-order valence-corrected chi connectivity index (χ3v) is 4.95. The molecule has 2 aromatic carbocycles. The van der Waals surface area contributed by atoms with Crippen LogP contribution in [0.3, 0.4) is 0 Å². The summed E-state index contributed by atoms with van der Waals surface area (Å²) in [6, 6.07) is 16.8. The number of nitrogens with one attached hydrogen (secondary N) is 2. The predicted molar refractivity (Wildman–Crippen MR) is 115 cm³/mol. The van der Waals surface area contributed by atoms with Crippen LogP contribution in [0.15, 0.2) is 53.3 Å². The van der Waals surface area contributed by atoms with Gasteiger partial charge in [-0.3, -0.25) is 14.7 Å². The number of fused-ring (bicyclic) bond motifs is 1. The maximum Gasteiger partial charge on any atom is 0.261 e. The first-order valence-electron chi connectivity index (χ1n) is 9.40. The number of aromatic nitrogens is 3. The molecule has 2 aromatic heterocycles. The highest BCUT2D eigenvalue weighted by Gasteiger charge is 2.22. The van der Waals surface area contributed by atoms with E-state index in [1.54, 1.807) is 29.6 Å². The first kappa shape index (κ1) is 19.2. The maximum atomic E-state index is 13.2. The molecule has 4 aromatic rings. The van der Waals surface area contributed by atoms with Crippen molar-refractivity contribution in [1.82, 2.24) is 14.6 Å². The van der Waals surface area contributed by atoms with Crippen LogP contribution in [0.5, 0.6) is 0 Å². The van der Waals surface area contributed by atoms with Gasteiger partial charge >= 0.3 is 0 Å². The van der Waals surface area contributed by atoms with Crippen LogP contribution in [0.25, 0.3) is 16.9 Å². The molecule has 0 fully saturated rings. The Bertz CT molecular complexity index is 1390. The molecule has 2 N–H and O–H groups in total. The summed E-state index contributed by atoms with van der Waals surface area (Å²) in [4.78, 5) is 30.5. The number of imidazole rings is 1. The normalized spacial score (nSPS) is 10.7. The van der Waals surface area contributed by atoms with Crippen LogP contribution in [0, 0.1) is 32.1 Å². The summed E-state index contributed by atoms with van der Waals surface area (Å²) in [7, 11) is 0. The largest absolute Gasteiger partial charge is 0.321 e. The van der Waals surface area contributed by atoms with E-state index < -0.39 is 11.3 Å². The molecule has 7 nitrogen and oxygen atoms in total. The van der Waals surface area contributed by atoms with Gasteiger partial charge in [0.05, 0.1) is 22.6 Å². The lowest BCUT2D eigenvalue weighted by atomic mass is 10.1. The number of amides is 1. The Labute approximate surface area is 172 Å². The van der Waals surface area contributed by atoms with Crippen LogP contribution in [0.4, 0.5) is 5.69 Å². The van der Waals surface area contributed by atoms with Gasteiger partial charge in [0.1, 0.15) is 11.6 Å². The van der Waals surface area contributed by atoms with Gasteiger partial charge in [-0.15, -0.1) is 0 Å². The van der Waals surface area contributed by atoms with E-state index in [1.165, 1.54) is 0 Å². The minimum absolute atomic E-state index is 0.0309. The number of hydrogen-bond acceptors (Lipinski definition) is 4. The molecule has 2 heterocycles. The quantitative estimate of drug-likeness (QED) is 0.550. The van der Waals surface area contributed by atoms with Crippen molar-refractivity contribution in [1.29, 1.82) is 5.26 Å². The summed E-state index contributed by atoms with van der Waals surface area (Å²) in [5.41, 5.74) is 4.00. The molecule has 0 aliphatic carbocycles. The van der Waals surface area contributed by atoms with Gasteiger partial charge in [-0.25, -0.2) is 9.50 Å². The number of nitrogens with zero attached hydrogens (tertiary/aromatic N) is 3. The molecule has 0 aliphatic rings. The Balaban J connectivity index is 1.83. The SMILES string of the molecule is Cc1ccc(NC(=O)c2c(C)[nH]n3c(-c4ccccc4)c(C)nc3c2=O)c(C#N)c1. The minimum Gasteiger partial charge on any atom is -0.321 e. The number of rotatable bonds is 3. The lowest BCUT2D eigenvalue weighted by molar-refractivity contribution is 0.102. The molecular weight excluding hydrogens is 378 g/mol. The van der Waals surface area contributed by atoms with Gasteiger partial charge in [0.25, 0.3) is 5.91 Å². The van der Waals surface area contributed by atoms with E-state index in [0.717, 1.165) is 16.8 Å². The van der Waals surface area contributed by atoms with Crippen LogP contribution >= 0.6 is 0 Å². The number of H-pyrrole nitrogens is 1. The topological polar surface area (TPSA) is 103 Å². The average molecular weight is 397 g/mol. The molecule has 1 amide bonds. The molecule has 0 saturated carbocycles. The van der Waals surface area contributed by atoms with Gasteiger partial charge in [0.2, 0.25) is 11.1 Å². The van der Waals surface area contributed by atoms with Gasteiger partial charge in [0, 0.05) is 11.3 Å². The van der Waals surface area contributed by atoms with Crippen molar-refractivity contribution in [3.8, 4) is 17.3 Å². The maximum absolute atomic E-state index is 13.2. The van der Waals surface area contributed by atoms with Crippen molar-refractivity contribution in [2.45, 2.75) is 20.8 Å². The average Bonchev–Trinajstić information content (AvgIpc) is 3.06. The fourth-order valence-electron chi connectivity index (χ4n) is 3.55.